The standard InChI is InChI=1S/C39H25N3O/c1-4-12-26(13-5-1)29-18-10-19-30(24-29)32-20-11-21-34-33-23-22-31(25-35(33)43-36(32)34)39-41-37(27-14-6-2-7-15-27)40-38(42-39)28-16-8-3-9-17-28/h1-25H. The molecule has 8 aromatic rings. The zero-order chi connectivity index (χ0) is 28.6. The molecule has 202 valence electrons. The van der Waals surface area contributed by atoms with Gasteiger partial charge in [-0.1, -0.05) is 133 Å². The van der Waals surface area contributed by atoms with Crippen molar-refractivity contribution in [3.63, 3.8) is 0 Å². The molecule has 2 aromatic heterocycles. The normalized spacial score (nSPS) is 11.3. The maximum absolute atomic E-state index is 6.60. The summed E-state index contributed by atoms with van der Waals surface area (Å²) in [5.74, 6) is 1.87. The molecule has 0 saturated heterocycles. The predicted octanol–water partition coefficient (Wildman–Crippen LogP) is 10.1. The Morgan fingerprint density at radius 1 is 0.349 bits per heavy atom. The van der Waals surface area contributed by atoms with Crippen LogP contribution in [0.3, 0.4) is 0 Å². The van der Waals surface area contributed by atoms with Gasteiger partial charge in [-0.25, -0.2) is 15.0 Å². The van der Waals surface area contributed by atoms with Crippen LogP contribution in [-0.4, -0.2) is 15.0 Å². The SMILES string of the molecule is c1ccc(-c2cccc(-c3cccc4c3oc3cc(-c5nc(-c6ccccc6)nc(-c6ccccc6)n5)ccc34)c2)cc1. The molecule has 6 aromatic carbocycles. The number of benzene rings is 6. The second-order valence-corrected chi connectivity index (χ2v) is 10.5. The quantitative estimate of drug-likeness (QED) is 0.214. The Bertz CT molecular complexity index is 2170. The third kappa shape index (κ3) is 4.65. The Morgan fingerprint density at radius 3 is 1.53 bits per heavy atom. The van der Waals surface area contributed by atoms with Crippen LogP contribution in [0.1, 0.15) is 0 Å². The van der Waals surface area contributed by atoms with Crippen LogP contribution in [0.4, 0.5) is 0 Å². The van der Waals surface area contributed by atoms with Gasteiger partial charge < -0.3 is 4.42 Å². The molecule has 0 saturated carbocycles. The number of hydrogen-bond acceptors (Lipinski definition) is 4. The van der Waals surface area contributed by atoms with Gasteiger partial charge in [-0.3, -0.25) is 0 Å². The molecule has 8 rings (SSSR count). The number of furan rings is 1. The second-order valence-electron chi connectivity index (χ2n) is 10.5. The van der Waals surface area contributed by atoms with Crippen LogP contribution in [0.25, 0.3) is 78.4 Å². The summed E-state index contributed by atoms with van der Waals surface area (Å²) in [6.45, 7) is 0. The molecule has 0 radical (unpaired) electrons. The summed E-state index contributed by atoms with van der Waals surface area (Å²) < 4.78 is 6.60. The van der Waals surface area contributed by atoms with Crippen LogP contribution >= 0.6 is 0 Å². The molecule has 0 amide bonds. The van der Waals surface area contributed by atoms with Crippen LogP contribution in [0, 0.1) is 0 Å². The molecule has 4 heteroatoms. The highest BCUT2D eigenvalue weighted by Crippen LogP contribution is 2.38. The molecular weight excluding hydrogens is 526 g/mol. The van der Waals surface area contributed by atoms with Gasteiger partial charge in [-0.05, 0) is 34.9 Å². The number of fused-ring (bicyclic) bond motifs is 3. The van der Waals surface area contributed by atoms with Crippen LogP contribution in [0.15, 0.2) is 156 Å². The zero-order valence-electron chi connectivity index (χ0n) is 23.2. The van der Waals surface area contributed by atoms with E-state index in [4.69, 9.17) is 19.4 Å². The summed E-state index contributed by atoms with van der Waals surface area (Å²) in [4.78, 5) is 14.6. The third-order valence-corrected chi connectivity index (χ3v) is 7.74. The topological polar surface area (TPSA) is 51.8 Å². The fourth-order valence-electron chi connectivity index (χ4n) is 5.60. The van der Waals surface area contributed by atoms with Crippen molar-refractivity contribution in [3.05, 3.63) is 152 Å². The summed E-state index contributed by atoms with van der Waals surface area (Å²) in [5, 5.41) is 2.13. The average Bonchev–Trinajstić information content (AvgIpc) is 3.47. The van der Waals surface area contributed by atoms with E-state index in [1.807, 2.05) is 72.8 Å². The van der Waals surface area contributed by atoms with Gasteiger partial charge in [0.15, 0.2) is 17.5 Å². The fraction of sp³-hybridized carbons (Fsp3) is 0. The van der Waals surface area contributed by atoms with Gasteiger partial charge in [0.25, 0.3) is 0 Å². The van der Waals surface area contributed by atoms with E-state index in [1.165, 1.54) is 11.1 Å². The van der Waals surface area contributed by atoms with Gasteiger partial charge in [-0.2, -0.15) is 0 Å². The minimum atomic E-state index is 0.603. The lowest BCUT2D eigenvalue weighted by Gasteiger charge is -2.08. The van der Waals surface area contributed by atoms with Crippen LogP contribution in [0.5, 0.6) is 0 Å². The van der Waals surface area contributed by atoms with Gasteiger partial charge in [-0.15, -0.1) is 0 Å². The molecular formula is C39H25N3O. The third-order valence-electron chi connectivity index (χ3n) is 7.74. The Morgan fingerprint density at radius 2 is 0.884 bits per heavy atom. The van der Waals surface area contributed by atoms with Gasteiger partial charge in [0, 0.05) is 33.0 Å². The van der Waals surface area contributed by atoms with Crippen molar-refractivity contribution in [2.45, 2.75) is 0 Å². The van der Waals surface area contributed by atoms with Crippen molar-refractivity contribution >= 4 is 21.9 Å². The largest absolute Gasteiger partial charge is 0.455 e. The molecule has 0 aliphatic rings. The van der Waals surface area contributed by atoms with E-state index >= 15 is 0 Å². The highest BCUT2D eigenvalue weighted by molar-refractivity contribution is 6.10. The first-order chi connectivity index (χ1) is 21.3. The summed E-state index contributed by atoms with van der Waals surface area (Å²) >= 11 is 0. The maximum atomic E-state index is 6.60. The number of para-hydroxylation sites is 1. The van der Waals surface area contributed by atoms with Crippen molar-refractivity contribution in [1.29, 1.82) is 0 Å². The average molecular weight is 552 g/mol. The molecule has 0 aliphatic carbocycles. The molecule has 0 aliphatic heterocycles. The van der Waals surface area contributed by atoms with E-state index in [1.54, 1.807) is 0 Å². The van der Waals surface area contributed by atoms with E-state index in [2.05, 4.69) is 78.9 Å². The fourth-order valence-corrected chi connectivity index (χ4v) is 5.60. The Hall–Kier alpha value is -5.87. The van der Waals surface area contributed by atoms with Crippen molar-refractivity contribution in [3.8, 4) is 56.4 Å². The van der Waals surface area contributed by atoms with E-state index in [0.29, 0.717) is 17.5 Å². The minimum absolute atomic E-state index is 0.603. The molecule has 0 unspecified atom stereocenters. The van der Waals surface area contributed by atoms with Crippen molar-refractivity contribution in [2.75, 3.05) is 0 Å². The highest BCUT2D eigenvalue weighted by Gasteiger charge is 2.16. The predicted molar refractivity (Wildman–Crippen MR) is 174 cm³/mol. The van der Waals surface area contributed by atoms with Crippen LogP contribution in [0.2, 0.25) is 0 Å². The first-order valence-corrected chi connectivity index (χ1v) is 14.3. The Labute approximate surface area is 249 Å². The summed E-state index contributed by atoms with van der Waals surface area (Å²) in [7, 11) is 0. The maximum Gasteiger partial charge on any atom is 0.164 e. The zero-order valence-corrected chi connectivity index (χ0v) is 23.2. The number of hydrogen-bond donors (Lipinski definition) is 0. The van der Waals surface area contributed by atoms with Gasteiger partial charge in [0.1, 0.15) is 11.2 Å². The second kappa shape index (κ2) is 10.5. The molecule has 4 nitrogen and oxygen atoms in total. The van der Waals surface area contributed by atoms with Crippen molar-refractivity contribution in [1.82, 2.24) is 15.0 Å². The van der Waals surface area contributed by atoms with Crippen LogP contribution in [-0.2, 0) is 0 Å². The first-order valence-electron chi connectivity index (χ1n) is 14.3. The number of rotatable bonds is 5. The highest BCUT2D eigenvalue weighted by atomic mass is 16.3. The summed E-state index contributed by atoms with van der Waals surface area (Å²) in [6, 6.07) is 51.7. The lowest BCUT2D eigenvalue weighted by molar-refractivity contribution is 0.670. The Balaban J connectivity index is 1.26. The lowest BCUT2D eigenvalue weighted by atomic mass is 9.97. The Kier molecular flexibility index (Phi) is 6.08. The molecule has 43 heavy (non-hydrogen) atoms. The monoisotopic (exact) mass is 551 g/mol. The first kappa shape index (κ1) is 24.9. The van der Waals surface area contributed by atoms with Gasteiger partial charge in [0.05, 0.1) is 0 Å². The molecule has 0 N–H and O–H groups in total. The van der Waals surface area contributed by atoms with E-state index in [0.717, 1.165) is 49.8 Å². The van der Waals surface area contributed by atoms with E-state index < -0.39 is 0 Å². The van der Waals surface area contributed by atoms with Gasteiger partial charge in [0.2, 0.25) is 0 Å². The van der Waals surface area contributed by atoms with E-state index in [9.17, 15) is 0 Å². The molecule has 0 atom stereocenters. The molecule has 2 heterocycles. The number of aromatic nitrogens is 3. The van der Waals surface area contributed by atoms with Crippen molar-refractivity contribution in [2.24, 2.45) is 0 Å². The van der Waals surface area contributed by atoms with Crippen molar-refractivity contribution < 1.29 is 4.42 Å². The summed E-state index contributed by atoms with van der Waals surface area (Å²) in [5.41, 5.74) is 8.95. The number of nitrogens with zero attached hydrogens (tertiary/aromatic N) is 3. The molecule has 0 fully saturated rings. The van der Waals surface area contributed by atoms with Gasteiger partial charge >= 0.3 is 0 Å². The summed E-state index contributed by atoms with van der Waals surface area (Å²) in [6.07, 6.45) is 0. The lowest BCUT2D eigenvalue weighted by Crippen LogP contribution is -2.00. The molecule has 0 spiro atoms. The smallest absolute Gasteiger partial charge is 0.164 e. The minimum Gasteiger partial charge on any atom is -0.455 e. The van der Waals surface area contributed by atoms with E-state index in [-0.39, 0.29) is 0 Å². The van der Waals surface area contributed by atoms with Crippen LogP contribution < -0.4 is 0 Å². The molecule has 0 bridgehead atoms.